The number of hydrogen-bond acceptors (Lipinski definition) is 1. The number of rotatable bonds is 10. The maximum atomic E-state index is 10.5. The molecule has 3 heteroatoms. The van der Waals surface area contributed by atoms with Crippen LogP contribution >= 0.6 is 7.26 Å². The van der Waals surface area contributed by atoms with Gasteiger partial charge < -0.3 is 0 Å². The second-order valence-electron chi connectivity index (χ2n) is 6.73. The van der Waals surface area contributed by atoms with Crippen LogP contribution in [0.4, 0.5) is 0 Å². The van der Waals surface area contributed by atoms with Crippen molar-refractivity contribution in [3.05, 3.63) is 60.7 Å². The van der Waals surface area contributed by atoms with E-state index in [9.17, 15) is 4.79 Å². The van der Waals surface area contributed by atoms with Crippen LogP contribution in [0.15, 0.2) is 60.7 Å². The Labute approximate surface area is 146 Å². The van der Waals surface area contributed by atoms with Gasteiger partial charge in [-0.2, -0.15) is 0 Å². The topological polar surface area (TPSA) is 37.3 Å². The summed E-state index contributed by atoms with van der Waals surface area (Å²) in [7, 11) is -1.68. The Morgan fingerprint density at radius 2 is 1.25 bits per heavy atom. The second-order valence-corrected chi connectivity index (χ2v) is 11.0. The molecule has 2 nitrogen and oxygen atoms in total. The van der Waals surface area contributed by atoms with Crippen LogP contribution in [-0.4, -0.2) is 23.9 Å². The first kappa shape index (κ1) is 18.7. The fraction of sp³-hybridized carbons (Fsp3) is 0.381. The summed E-state index contributed by atoms with van der Waals surface area (Å²) in [5.74, 6) is -0.678. The van der Waals surface area contributed by atoms with Crippen molar-refractivity contribution in [2.45, 2.75) is 38.5 Å². The normalized spacial score (nSPS) is 12.0. The molecule has 0 atom stereocenters. The molecule has 1 N–H and O–H groups in total. The first-order chi connectivity index (χ1) is 11.6. The van der Waals surface area contributed by atoms with Crippen molar-refractivity contribution in [2.24, 2.45) is 0 Å². The molecule has 2 aromatic carbocycles. The van der Waals surface area contributed by atoms with E-state index in [-0.39, 0.29) is 0 Å². The second kappa shape index (κ2) is 9.59. The Bertz CT molecular complexity index is 571. The predicted octanol–water partition coefficient (Wildman–Crippen LogP) is 4.44. The van der Waals surface area contributed by atoms with Crippen LogP contribution in [0.5, 0.6) is 0 Å². The van der Waals surface area contributed by atoms with Gasteiger partial charge in [-0.3, -0.25) is 0 Å². The third-order valence-corrected chi connectivity index (χ3v) is 9.46. The molecule has 0 radical (unpaired) electrons. The monoisotopic (exact) mass is 344 g/mol. The van der Waals surface area contributed by atoms with Crippen molar-refractivity contribution in [2.75, 3.05) is 12.8 Å². The average Bonchev–Trinajstić information content (AvgIpc) is 2.62. The van der Waals surface area contributed by atoms with Crippen LogP contribution in [0.3, 0.4) is 0 Å². The van der Waals surface area contributed by atoms with Crippen molar-refractivity contribution >= 4 is 23.8 Å². The Balaban J connectivity index is 1.94. The van der Waals surface area contributed by atoms with Crippen LogP contribution in [0.25, 0.3) is 0 Å². The van der Waals surface area contributed by atoms with Gasteiger partial charge in [0.2, 0.25) is 0 Å². The number of hydrogen-bond donors (Lipinski definition) is 1. The van der Waals surface area contributed by atoms with Gasteiger partial charge in [0.1, 0.15) is 0 Å². The Hall–Kier alpha value is -1.66. The van der Waals surface area contributed by atoms with Crippen LogP contribution in [0.1, 0.15) is 38.5 Å². The fourth-order valence-electron chi connectivity index (χ4n) is 3.35. The molecule has 0 fully saturated rings. The van der Waals surface area contributed by atoms with Crippen molar-refractivity contribution in [3.8, 4) is 0 Å². The van der Waals surface area contributed by atoms with E-state index in [0.29, 0.717) is 6.42 Å². The van der Waals surface area contributed by atoms with Crippen LogP contribution < -0.4 is 10.6 Å². The van der Waals surface area contributed by atoms with Gasteiger partial charge in [0.05, 0.1) is 0 Å². The molecule has 2 aromatic rings. The molecule has 0 saturated heterocycles. The van der Waals surface area contributed by atoms with Crippen molar-refractivity contribution in [1.29, 1.82) is 0 Å². The molecule has 0 amide bonds. The van der Waals surface area contributed by atoms with Crippen LogP contribution in [0, 0.1) is 0 Å². The summed E-state index contributed by atoms with van der Waals surface area (Å²) in [5, 5.41) is 11.7. The zero-order valence-electron chi connectivity index (χ0n) is 14.6. The van der Waals surface area contributed by atoms with Gasteiger partial charge in [-0.1, -0.05) is 0 Å². The van der Waals surface area contributed by atoms with Gasteiger partial charge in [0.15, 0.2) is 0 Å². The van der Waals surface area contributed by atoms with E-state index in [0.717, 1.165) is 19.3 Å². The molecule has 0 aliphatic heterocycles. The molecule has 0 unspecified atom stereocenters. The summed E-state index contributed by atoms with van der Waals surface area (Å²) in [6.07, 6.45) is 6.95. The summed E-state index contributed by atoms with van der Waals surface area (Å²) in [6, 6.07) is 21.9. The summed E-state index contributed by atoms with van der Waals surface area (Å²) in [5.41, 5.74) is 0. The molecule has 0 aliphatic carbocycles. The fourth-order valence-corrected chi connectivity index (χ4v) is 7.08. The van der Waals surface area contributed by atoms with E-state index in [1.54, 1.807) is 0 Å². The molecule has 0 aromatic heterocycles. The van der Waals surface area contributed by atoms with Crippen LogP contribution in [0.2, 0.25) is 0 Å². The zero-order valence-corrected chi connectivity index (χ0v) is 15.6. The molecule has 24 heavy (non-hydrogen) atoms. The summed E-state index contributed by atoms with van der Waals surface area (Å²) in [6.45, 7) is 2.47. The molecule has 0 spiro atoms. The number of carbonyl (C=O) groups is 1. The molecule has 0 bridgehead atoms. The van der Waals surface area contributed by atoms with Gasteiger partial charge in [-0.15, -0.1) is 0 Å². The molecule has 130 valence electrons. The Morgan fingerprint density at radius 1 is 0.792 bits per heavy atom. The molecular weight excluding hydrogens is 315 g/mol. The van der Waals surface area contributed by atoms with Gasteiger partial charge in [0.25, 0.3) is 0 Å². The van der Waals surface area contributed by atoms with Gasteiger partial charge in [-0.05, 0) is 0 Å². The van der Waals surface area contributed by atoms with E-state index < -0.39 is 13.2 Å². The number of carboxylic acid groups (broad SMARTS) is 1. The first-order valence-corrected chi connectivity index (χ1v) is 11.7. The zero-order chi connectivity index (χ0) is 17.3. The van der Waals surface area contributed by atoms with Gasteiger partial charge in [0, 0.05) is 0 Å². The third kappa shape index (κ3) is 5.46. The van der Waals surface area contributed by atoms with E-state index in [1.165, 1.54) is 29.6 Å². The van der Waals surface area contributed by atoms with E-state index in [4.69, 9.17) is 5.11 Å². The number of benzene rings is 2. The quantitative estimate of drug-likeness (QED) is 0.511. The summed E-state index contributed by atoms with van der Waals surface area (Å²) >= 11 is 0. The number of carboxylic acids is 1. The van der Waals surface area contributed by atoms with Crippen LogP contribution in [-0.2, 0) is 4.79 Å². The third-order valence-electron chi connectivity index (χ3n) is 4.89. The number of aliphatic carboxylic acids is 1. The molecule has 0 saturated carbocycles. The molecule has 0 heterocycles. The van der Waals surface area contributed by atoms with E-state index in [2.05, 4.69) is 67.3 Å². The maximum absolute atomic E-state index is 10.5. The van der Waals surface area contributed by atoms with Crippen molar-refractivity contribution in [1.82, 2.24) is 0 Å². The minimum atomic E-state index is -1.68. The average molecular weight is 344 g/mol. The minimum absolute atomic E-state index is 0.306. The summed E-state index contributed by atoms with van der Waals surface area (Å²) in [4.78, 5) is 10.5. The first-order valence-electron chi connectivity index (χ1n) is 8.96. The predicted molar refractivity (Wildman–Crippen MR) is 107 cm³/mol. The Morgan fingerprint density at radius 3 is 1.75 bits per heavy atom. The molecule has 0 aliphatic rings. The van der Waals surface area contributed by atoms with Crippen molar-refractivity contribution in [3.63, 3.8) is 0 Å². The molecular formula is C21H29O2P. The Kier molecular flexibility index (Phi) is 7.46. The van der Waals surface area contributed by atoms with E-state index in [1.807, 2.05) is 0 Å². The SMILES string of the molecule is C[PH](CCCCCCCC(=O)O)(c1ccccc1)c1ccccc1. The van der Waals surface area contributed by atoms with Gasteiger partial charge in [-0.25, -0.2) is 0 Å². The number of unbranched alkanes of at least 4 members (excludes halogenated alkanes) is 4. The standard InChI is InChI=1S/C21H29O2P/c1-24(19-13-7-5-8-14-19,20-15-9-6-10-16-20)18-12-4-2-3-11-17-21(22)23/h5-10,13-16,24H,2-4,11-12,17-18H2,1H3,(H,22,23). The van der Waals surface area contributed by atoms with Crippen molar-refractivity contribution < 1.29 is 9.90 Å². The molecule has 2 rings (SSSR count). The summed E-state index contributed by atoms with van der Waals surface area (Å²) < 4.78 is 0. The van der Waals surface area contributed by atoms with E-state index >= 15 is 0 Å². The van der Waals surface area contributed by atoms with Gasteiger partial charge >= 0.3 is 146 Å².